The lowest BCUT2D eigenvalue weighted by atomic mass is 10.1. The Bertz CT molecular complexity index is 572. The molecule has 100 valence electrons. The molecule has 0 saturated carbocycles. The van der Waals surface area contributed by atoms with Gasteiger partial charge in [0.2, 0.25) is 0 Å². The van der Waals surface area contributed by atoms with Gasteiger partial charge in [-0.25, -0.2) is 4.39 Å². The molecule has 2 N–H and O–H groups in total. The van der Waals surface area contributed by atoms with E-state index < -0.39 is 0 Å². The van der Waals surface area contributed by atoms with Crippen LogP contribution in [0.3, 0.4) is 0 Å². The Morgan fingerprint density at radius 1 is 1.21 bits per heavy atom. The van der Waals surface area contributed by atoms with Crippen LogP contribution in [0.25, 0.3) is 0 Å². The van der Waals surface area contributed by atoms with Crippen LogP contribution in [0, 0.1) is 5.82 Å². The summed E-state index contributed by atoms with van der Waals surface area (Å²) in [6, 6.07) is 12.5. The topological polar surface area (TPSA) is 26.0 Å². The Morgan fingerprint density at radius 3 is 2.63 bits per heavy atom. The van der Waals surface area contributed by atoms with Gasteiger partial charge >= 0.3 is 0 Å². The van der Waals surface area contributed by atoms with Crippen LogP contribution in [0.5, 0.6) is 0 Å². The van der Waals surface area contributed by atoms with Crippen molar-refractivity contribution in [3.05, 3.63) is 58.9 Å². The third kappa shape index (κ3) is 3.72. The third-order valence-electron chi connectivity index (χ3n) is 2.64. The van der Waals surface area contributed by atoms with Crippen LogP contribution >= 0.6 is 23.4 Å². The first-order chi connectivity index (χ1) is 9.08. The molecule has 2 aromatic rings. The van der Waals surface area contributed by atoms with Gasteiger partial charge in [-0.1, -0.05) is 47.6 Å². The van der Waals surface area contributed by atoms with Gasteiger partial charge in [0.25, 0.3) is 0 Å². The average molecular weight is 296 g/mol. The first-order valence-corrected chi connectivity index (χ1v) is 7.22. The highest BCUT2D eigenvalue weighted by molar-refractivity contribution is 7.99. The van der Waals surface area contributed by atoms with E-state index in [-0.39, 0.29) is 11.9 Å². The predicted molar refractivity (Wildman–Crippen MR) is 79.3 cm³/mol. The van der Waals surface area contributed by atoms with Gasteiger partial charge in [0, 0.05) is 10.9 Å². The number of hydrogen-bond donors (Lipinski definition) is 1. The second-order valence-electron chi connectivity index (χ2n) is 4.44. The predicted octanol–water partition coefficient (Wildman–Crippen LogP) is 4.52. The van der Waals surface area contributed by atoms with E-state index in [1.807, 2.05) is 31.2 Å². The Labute approximate surface area is 122 Å². The van der Waals surface area contributed by atoms with Crippen molar-refractivity contribution in [3.8, 4) is 0 Å². The van der Waals surface area contributed by atoms with Gasteiger partial charge in [0.05, 0.1) is 9.92 Å². The molecule has 0 radical (unpaired) electrons. The summed E-state index contributed by atoms with van der Waals surface area (Å²) in [7, 11) is 0. The first kappa shape index (κ1) is 14.4. The second kappa shape index (κ2) is 6.42. The summed E-state index contributed by atoms with van der Waals surface area (Å²) in [5, 5.41) is 0.627. The largest absolute Gasteiger partial charge is 0.328 e. The second-order valence-corrected chi connectivity index (χ2v) is 5.90. The summed E-state index contributed by atoms with van der Waals surface area (Å²) in [4.78, 5) is 1.45. The molecule has 0 aromatic heterocycles. The molecule has 19 heavy (non-hydrogen) atoms. The molecule has 4 heteroatoms. The van der Waals surface area contributed by atoms with Gasteiger partial charge in [0.1, 0.15) is 5.82 Å². The summed E-state index contributed by atoms with van der Waals surface area (Å²) in [6.45, 7) is 1.91. The summed E-state index contributed by atoms with van der Waals surface area (Å²) in [5.74, 6) is -0.233. The van der Waals surface area contributed by atoms with Crippen molar-refractivity contribution in [2.75, 3.05) is 0 Å². The van der Waals surface area contributed by atoms with Gasteiger partial charge in [-0.15, -0.1) is 0 Å². The number of benzene rings is 2. The monoisotopic (exact) mass is 295 g/mol. The zero-order valence-electron chi connectivity index (χ0n) is 10.6. The lowest BCUT2D eigenvalue weighted by molar-refractivity contribution is 0.593. The Kier molecular flexibility index (Phi) is 4.86. The zero-order chi connectivity index (χ0) is 13.8. The molecule has 1 atom stereocenters. The molecule has 1 nitrogen and oxygen atoms in total. The highest BCUT2D eigenvalue weighted by atomic mass is 35.5. The fourth-order valence-electron chi connectivity index (χ4n) is 1.81. The lowest BCUT2D eigenvalue weighted by Crippen LogP contribution is -2.18. The lowest BCUT2D eigenvalue weighted by Gasteiger charge is -2.12. The van der Waals surface area contributed by atoms with E-state index in [0.29, 0.717) is 16.3 Å². The molecule has 0 amide bonds. The quantitative estimate of drug-likeness (QED) is 0.897. The zero-order valence-corrected chi connectivity index (χ0v) is 12.1. The maximum absolute atomic E-state index is 14.0. The molecular formula is C15H15ClFNS. The smallest absolute Gasteiger partial charge is 0.137 e. The van der Waals surface area contributed by atoms with E-state index in [1.165, 1.54) is 17.8 Å². The molecule has 1 unspecified atom stereocenters. The maximum atomic E-state index is 14.0. The minimum atomic E-state index is -0.233. The van der Waals surface area contributed by atoms with Crippen molar-refractivity contribution < 1.29 is 4.39 Å². The minimum absolute atomic E-state index is 0.00704. The Balaban J connectivity index is 2.36. The molecule has 0 saturated heterocycles. The molecule has 0 aliphatic heterocycles. The summed E-state index contributed by atoms with van der Waals surface area (Å²) in [6.07, 6.45) is 0.643. The van der Waals surface area contributed by atoms with Crippen LogP contribution < -0.4 is 5.73 Å². The molecule has 0 aliphatic rings. The van der Waals surface area contributed by atoms with E-state index >= 15 is 0 Å². The van der Waals surface area contributed by atoms with Crippen LogP contribution in [-0.2, 0) is 6.42 Å². The van der Waals surface area contributed by atoms with Crippen molar-refractivity contribution in [1.82, 2.24) is 0 Å². The Morgan fingerprint density at radius 2 is 1.95 bits per heavy atom. The molecule has 2 rings (SSSR count). The first-order valence-electron chi connectivity index (χ1n) is 6.03. The van der Waals surface area contributed by atoms with Crippen LogP contribution in [0.1, 0.15) is 12.5 Å². The van der Waals surface area contributed by atoms with Crippen molar-refractivity contribution in [3.63, 3.8) is 0 Å². The van der Waals surface area contributed by atoms with Crippen molar-refractivity contribution in [1.29, 1.82) is 0 Å². The highest BCUT2D eigenvalue weighted by Crippen LogP contribution is 2.36. The number of nitrogens with two attached hydrogens (primary N) is 1. The fourth-order valence-corrected chi connectivity index (χ4v) is 3.04. The molecular weight excluding hydrogens is 281 g/mol. The summed E-state index contributed by atoms with van der Waals surface area (Å²) < 4.78 is 14.0. The maximum Gasteiger partial charge on any atom is 0.137 e. The van der Waals surface area contributed by atoms with Gasteiger partial charge < -0.3 is 5.73 Å². The molecule has 0 spiro atoms. The summed E-state index contributed by atoms with van der Waals surface area (Å²) in [5.41, 5.74) is 6.73. The number of rotatable bonds is 4. The van der Waals surface area contributed by atoms with Gasteiger partial charge in [-0.2, -0.15) is 0 Å². The van der Waals surface area contributed by atoms with E-state index in [0.717, 1.165) is 10.5 Å². The van der Waals surface area contributed by atoms with Crippen molar-refractivity contribution >= 4 is 23.4 Å². The minimum Gasteiger partial charge on any atom is -0.328 e. The number of halogens is 2. The van der Waals surface area contributed by atoms with Gasteiger partial charge in [-0.3, -0.25) is 0 Å². The average Bonchev–Trinajstić information content (AvgIpc) is 2.35. The van der Waals surface area contributed by atoms with Crippen LogP contribution in [0.4, 0.5) is 4.39 Å². The summed E-state index contributed by atoms with van der Waals surface area (Å²) >= 11 is 7.46. The van der Waals surface area contributed by atoms with Crippen LogP contribution in [0.15, 0.2) is 52.3 Å². The van der Waals surface area contributed by atoms with E-state index in [4.69, 9.17) is 17.3 Å². The van der Waals surface area contributed by atoms with Crippen molar-refractivity contribution in [2.24, 2.45) is 5.73 Å². The normalized spacial score (nSPS) is 12.4. The standard InChI is InChI=1S/C15H15ClFNS/c1-10(18)9-11-5-4-7-13(17)15(11)19-14-8-3-2-6-12(14)16/h2-8,10H,9,18H2,1H3. The van der Waals surface area contributed by atoms with E-state index in [9.17, 15) is 4.39 Å². The molecule has 0 bridgehead atoms. The fraction of sp³-hybridized carbons (Fsp3) is 0.200. The Hall–Kier alpha value is -1.03. The third-order valence-corrected chi connectivity index (χ3v) is 4.32. The molecule has 0 heterocycles. The van der Waals surface area contributed by atoms with E-state index in [1.54, 1.807) is 12.1 Å². The van der Waals surface area contributed by atoms with Crippen molar-refractivity contribution in [2.45, 2.75) is 29.2 Å². The molecule has 2 aromatic carbocycles. The van der Waals surface area contributed by atoms with Crippen LogP contribution in [0.2, 0.25) is 5.02 Å². The molecule has 0 fully saturated rings. The highest BCUT2D eigenvalue weighted by Gasteiger charge is 2.12. The number of hydrogen-bond acceptors (Lipinski definition) is 2. The van der Waals surface area contributed by atoms with Gasteiger partial charge in [0.15, 0.2) is 0 Å². The van der Waals surface area contributed by atoms with Crippen LogP contribution in [-0.4, -0.2) is 6.04 Å². The SMILES string of the molecule is CC(N)Cc1cccc(F)c1Sc1ccccc1Cl. The van der Waals surface area contributed by atoms with Gasteiger partial charge in [-0.05, 0) is 37.1 Å². The van der Waals surface area contributed by atoms with E-state index in [2.05, 4.69) is 0 Å². The molecule has 0 aliphatic carbocycles.